The number of amides is 2. The average Bonchev–Trinajstić information content (AvgIpc) is 3.06. The molecule has 3 N–H and O–H groups in total. The van der Waals surface area contributed by atoms with Gasteiger partial charge in [-0.3, -0.25) is 5.21 Å². The Hall–Kier alpha value is -3.32. The van der Waals surface area contributed by atoms with Crippen molar-refractivity contribution in [3.05, 3.63) is 71.6 Å². The number of aryl methyl sites for hydroxylation is 1. The van der Waals surface area contributed by atoms with E-state index in [2.05, 4.69) is 4.98 Å². The Kier molecular flexibility index (Phi) is 5.42. The summed E-state index contributed by atoms with van der Waals surface area (Å²) in [6.07, 6.45) is 0. The van der Waals surface area contributed by atoms with E-state index in [-0.39, 0.29) is 6.61 Å². The van der Waals surface area contributed by atoms with Crippen LogP contribution in [-0.4, -0.2) is 21.3 Å². The van der Waals surface area contributed by atoms with Crippen molar-refractivity contribution in [1.82, 2.24) is 10.0 Å². The average molecular weight is 367 g/mol. The molecule has 27 heavy (non-hydrogen) atoms. The Morgan fingerprint density at radius 1 is 1.26 bits per heavy atom. The molecule has 3 aromatic rings. The van der Waals surface area contributed by atoms with Gasteiger partial charge in [0.15, 0.2) is 0 Å². The second kappa shape index (κ2) is 7.92. The van der Waals surface area contributed by atoms with Gasteiger partial charge in [0, 0.05) is 5.56 Å². The van der Waals surface area contributed by atoms with Crippen LogP contribution in [0, 0.1) is 6.92 Å². The van der Waals surface area contributed by atoms with Crippen LogP contribution in [0.1, 0.15) is 30.0 Å². The lowest BCUT2D eigenvalue weighted by Gasteiger charge is -2.21. The van der Waals surface area contributed by atoms with Crippen LogP contribution in [0.5, 0.6) is 5.75 Å². The second-order valence-electron chi connectivity index (χ2n) is 6.11. The largest absolute Gasteiger partial charge is 0.487 e. The van der Waals surface area contributed by atoms with Gasteiger partial charge in [0.1, 0.15) is 23.8 Å². The molecule has 1 unspecified atom stereocenters. The standard InChI is InChI=1S/C20H21N3O4/c1-13(23(25)20(21)24)16-9-6-10-17(11-16)26-12-18-14(2)27-19(22-18)15-7-4-3-5-8-15/h3-11,13,25H,12H2,1-2H3,(H2,21,24). The number of rotatable bonds is 6. The van der Waals surface area contributed by atoms with Crippen LogP contribution in [0.25, 0.3) is 11.5 Å². The Balaban J connectivity index is 1.71. The Bertz CT molecular complexity index is 924. The number of hydrogen-bond acceptors (Lipinski definition) is 5. The fourth-order valence-corrected chi connectivity index (χ4v) is 2.61. The van der Waals surface area contributed by atoms with E-state index in [9.17, 15) is 10.0 Å². The quantitative estimate of drug-likeness (QED) is 0.505. The first-order chi connectivity index (χ1) is 13.0. The number of primary amides is 1. The number of carbonyl (C=O) groups excluding carboxylic acids is 1. The number of benzene rings is 2. The van der Waals surface area contributed by atoms with Gasteiger partial charge in [-0.05, 0) is 43.7 Å². The first kappa shape index (κ1) is 18.5. The lowest BCUT2D eigenvalue weighted by Crippen LogP contribution is -2.34. The van der Waals surface area contributed by atoms with Crippen molar-refractivity contribution >= 4 is 6.03 Å². The molecule has 0 aliphatic heterocycles. The summed E-state index contributed by atoms with van der Waals surface area (Å²) in [5.74, 6) is 1.82. The van der Waals surface area contributed by atoms with Crippen molar-refractivity contribution in [1.29, 1.82) is 0 Å². The topological polar surface area (TPSA) is 102 Å². The normalized spacial score (nSPS) is 11.8. The molecule has 0 radical (unpaired) electrons. The number of nitrogens with two attached hydrogens (primary N) is 1. The van der Waals surface area contributed by atoms with Gasteiger partial charge in [0.05, 0.1) is 6.04 Å². The zero-order valence-corrected chi connectivity index (χ0v) is 15.1. The van der Waals surface area contributed by atoms with Gasteiger partial charge in [-0.25, -0.2) is 9.78 Å². The van der Waals surface area contributed by atoms with Gasteiger partial charge in [0.25, 0.3) is 0 Å². The van der Waals surface area contributed by atoms with Gasteiger partial charge < -0.3 is 14.9 Å². The summed E-state index contributed by atoms with van der Waals surface area (Å²) in [7, 11) is 0. The fraction of sp³-hybridized carbons (Fsp3) is 0.200. The molecule has 1 aromatic heterocycles. The van der Waals surface area contributed by atoms with E-state index >= 15 is 0 Å². The van der Waals surface area contributed by atoms with Crippen molar-refractivity contribution in [3.8, 4) is 17.2 Å². The van der Waals surface area contributed by atoms with Crippen LogP contribution in [0.4, 0.5) is 4.79 Å². The smallest absolute Gasteiger partial charge is 0.339 e. The van der Waals surface area contributed by atoms with Crippen molar-refractivity contribution in [2.24, 2.45) is 5.73 Å². The summed E-state index contributed by atoms with van der Waals surface area (Å²) in [5.41, 5.74) is 7.39. The summed E-state index contributed by atoms with van der Waals surface area (Å²) in [6.45, 7) is 3.74. The van der Waals surface area contributed by atoms with Crippen molar-refractivity contribution in [3.63, 3.8) is 0 Å². The maximum Gasteiger partial charge on any atom is 0.339 e. The van der Waals surface area contributed by atoms with Crippen molar-refractivity contribution in [2.75, 3.05) is 0 Å². The minimum absolute atomic E-state index is 0.235. The molecule has 140 valence electrons. The summed E-state index contributed by atoms with van der Waals surface area (Å²) in [4.78, 5) is 15.6. The van der Waals surface area contributed by atoms with E-state index in [1.54, 1.807) is 31.2 Å². The Labute approximate surface area is 157 Å². The zero-order valence-electron chi connectivity index (χ0n) is 15.1. The zero-order chi connectivity index (χ0) is 19.4. The Morgan fingerprint density at radius 3 is 2.70 bits per heavy atom. The minimum Gasteiger partial charge on any atom is -0.487 e. The maximum absolute atomic E-state index is 11.1. The highest BCUT2D eigenvalue weighted by Gasteiger charge is 2.18. The van der Waals surface area contributed by atoms with E-state index in [1.807, 2.05) is 37.3 Å². The molecule has 1 atom stereocenters. The summed E-state index contributed by atoms with van der Waals surface area (Å²) in [5, 5.41) is 10.2. The number of urea groups is 1. The minimum atomic E-state index is -0.916. The molecule has 1 heterocycles. The van der Waals surface area contributed by atoms with Gasteiger partial charge in [-0.15, -0.1) is 0 Å². The highest BCUT2D eigenvalue weighted by molar-refractivity contribution is 5.71. The number of aromatic nitrogens is 1. The molecule has 0 fully saturated rings. The number of carbonyl (C=O) groups is 1. The molecule has 0 spiro atoms. The van der Waals surface area contributed by atoms with Gasteiger partial charge in [-0.1, -0.05) is 30.3 Å². The monoisotopic (exact) mass is 367 g/mol. The predicted octanol–water partition coefficient (Wildman–Crippen LogP) is 4.06. The molecule has 0 saturated heterocycles. The highest BCUT2D eigenvalue weighted by atomic mass is 16.5. The molecule has 7 heteroatoms. The third-order valence-corrected chi connectivity index (χ3v) is 4.22. The molecular formula is C20H21N3O4. The highest BCUT2D eigenvalue weighted by Crippen LogP contribution is 2.25. The summed E-state index contributed by atoms with van der Waals surface area (Å²) < 4.78 is 11.5. The molecule has 2 aromatic carbocycles. The van der Waals surface area contributed by atoms with Crippen LogP contribution in [0.3, 0.4) is 0 Å². The van der Waals surface area contributed by atoms with E-state index in [4.69, 9.17) is 14.9 Å². The number of oxazole rings is 1. The lowest BCUT2D eigenvalue weighted by molar-refractivity contribution is -0.0710. The van der Waals surface area contributed by atoms with Crippen LogP contribution >= 0.6 is 0 Å². The Morgan fingerprint density at radius 2 is 2.00 bits per heavy atom. The summed E-state index contributed by atoms with van der Waals surface area (Å²) in [6, 6.07) is 15.2. The van der Waals surface area contributed by atoms with Crippen LogP contribution in [0.2, 0.25) is 0 Å². The number of nitrogens with zero attached hydrogens (tertiary/aromatic N) is 2. The van der Waals surface area contributed by atoms with E-state index in [0.717, 1.165) is 5.56 Å². The third-order valence-electron chi connectivity index (χ3n) is 4.22. The van der Waals surface area contributed by atoms with Crippen LogP contribution in [-0.2, 0) is 6.61 Å². The number of hydroxylamine groups is 2. The van der Waals surface area contributed by atoms with Crippen LogP contribution < -0.4 is 10.5 Å². The van der Waals surface area contributed by atoms with Crippen molar-refractivity contribution in [2.45, 2.75) is 26.5 Å². The maximum atomic E-state index is 11.1. The molecule has 3 rings (SSSR count). The molecule has 2 amide bonds. The fourth-order valence-electron chi connectivity index (χ4n) is 2.61. The molecular weight excluding hydrogens is 346 g/mol. The predicted molar refractivity (Wildman–Crippen MR) is 99.1 cm³/mol. The number of hydrogen-bond donors (Lipinski definition) is 2. The molecule has 0 aliphatic rings. The van der Waals surface area contributed by atoms with Gasteiger partial charge in [0.2, 0.25) is 5.89 Å². The van der Waals surface area contributed by atoms with Gasteiger partial charge >= 0.3 is 6.03 Å². The molecule has 0 saturated carbocycles. The third kappa shape index (κ3) is 4.27. The second-order valence-corrected chi connectivity index (χ2v) is 6.11. The lowest BCUT2D eigenvalue weighted by atomic mass is 10.1. The SMILES string of the molecule is Cc1oc(-c2ccccc2)nc1COc1cccc(C(C)N(O)C(N)=O)c1. The van der Waals surface area contributed by atoms with E-state index in [0.29, 0.717) is 33.7 Å². The van der Waals surface area contributed by atoms with Crippen LogP contribution in [0.15, 0.2) is 59.0 Å². The molecule has 7 nitrogen and oxygen atoms in total. The molecule has 0 aliphatic carbocycles. The first-order valence-corrected chi connectivity index (χ1v) is 8.47. The van der Waals surface area contributed by atoms with Gasteiger partial charge in [-0.2, -0.15) is 5.06 Å². The van der Waals surface area contributed by atoms with E-state index in [1.165, 1.54) is 0 Å². The summed E-state index contributed by atoms with van der Waals surface area (Å²) >= 11 is 0. The van der Waals surface area contributed by atoms with Crippen molar-refractivity contribution < 1.29 is 19.2 Å². The van der Waals surface area contributed by atoms with E-state index < -0.39 is 12.1 Å². The first-order valence-electron chi connectivity index (χ1n) is 8.47. The molecule has 0 bridgehead atoms. The number of ether oxygens (including phenoxy) is 1.